The Hall–Kier alpha value is -3.19. The van der Waals surface area contributed by atoms with Crippen molar-refractivity contribution in [2.75, 3.05) is 14.2 Å². The Labute approximate surface area is 172 Å². The van der Waals surface area contributed by atoms with Gasteiger partial charge in [0.25, 0.3) is 5.56 Å². The second kappa shape index (κ2) is 7.67. The van der Waals surface area contributed by atoms with Crippen molar-refractivity contribution in [2.24, 2.45) is 0 Å². The number of ether oxygens (including phenoxy) is 2. The molecule has 2 heterocycles. The normalized spacial score (nSPS) is 12.1. The molecule has 0 aliphatic carbocycles. The molecule has 0 saturated carbocycles. The van der Waals surface area contributed by atoms with Crippen molar-refractivity contribution >= 4 is 22.4 Å². The van der Waals surface area contributed by atoms with Gasteiger partial charge >= 0.3 is 0 Å². The Kier molecular flexibility index (Phi) is 5.07. The van der Waals surface area contributed by atoms with E-state index in [2.05, 4.69) is 36.1 Å². The van der Waals surface area contributed by atoms with Crippen molar-refractivity contribution in [3.05, 3.63) is 68.5 Å². The number of fused-ring (bicyclic) bond motifs is 1. The highest BCUT2D eigenvalue weighted by Crippen LogP contribution is 2.31. The highest BCUT2D eigenvalue weighted by molar-refractivity contribution is 7.15. The molecule has 7 heteroatoms. The summed E-state index contributed by atoms with van der Waals surface area (Å²) in [5, 5.41) is 4.40. The molecule has 4 aromatic rings. The highest BCUT2D eigenvalue weighted by atomic mass is 32.1. The quantitative estimate of drug-likeness (QED) is 0.507. The average Bonchev–Trinajstić information content (AvgIpc) is 3.27. The summed E-state index contributed by atoms with van der Waals surface area (Å²) < 4.78 is 12.6. The lowest BCUT2D eigenvalue weighted by Gasteiger charge is -2.07. The van der Waals surface area contributed by atoms with Crippen LogP contribution in [0.1, 0.15) is 30.9 Å². The predicted octanol–water partition coefficient (Wildman–Crippen LogP) is 3.51. The monoisotopic (exact) mass is 407 g/mol. The van der Waals surface area contributed by atoms with Crippen LogP contribution < -0.4 is 19.6 Å². The predicted molar refractivity (Wildman–Crippen MR) is 115 cm³/mol. The number of hydrogen-bond donors (Lipinski definition) is 0. The lowest BCUT2D eigenvalue weighted by molar-refractivity contribution is 0.355. The summed E-state index contributed by atoms with van der Waals surface area (Å²) in [6.07, 6.45) is 1.88. The van der Waals surface area contributed by atoms with E-state index in [9.17, 15) is 4.79 Å². The number of benzene rings is 2. The van der Waals surface area contributed by atoms with Crippen molar-refractivity contribution in [1.29, 1.82) is 0 Å². The van der Waals surface area contributed by atoms with Crippen LogP contribution in [0.15, 0.2) is 47.3 Å². The molecule has 0 bridgehead atoms. The molecule has 0 radical (unpaired) electrons. The number of aromatic nitrogens is 3. The number of methoxy groups -OCH3 is 2. The van der Waals surface area contributed by atoms with Crippen molar-refractivity contribution in [3.63, 3.8) is 0 Å². The van der Waals surface area contributed by atoms with Gasteiger partial charge in [-0.2, -0.15) is 9.50 Å². The first-order valence-corrected chi connectivity index (χ1v) is 10.1. The van der Waals surface area contributed by atoms with Gasteiger partial charge in [-0.3, -0.25) is 4.79 Å². The number of rotatable bonds is 5. The van der Waals surface area contributed by atoms with Gasteiger partial charge in [0, 0.05) is 5.56 Å². The summed E-state index contributed by atoms with van der Waals surface area (Å²) in [6.45, 7) is 4.31. The van der Waals surface area contributed by atoms with Gasteiger partial charge in [0.05, 0.1) is 18.8 Å². The fraction of sp³-hybridized carbons (Fsp3) is 0.227. The van der Waals surface area contributed by atoms with E-state index in [1.54, 1.807) is 26.4 Å². The molecule has 0 atom stereocenters. The van der Waals surface area contributed by atoms with E-state index in [0.29, 0.717) is 32.7 Å². The zero-order valence-electron chi connectivity index (χ0n) is 16.7. The van der Waals surface area contributed by atoms with Crippen LogP contribution in [0.25, 0.3) is 22.4 Å². The molecule has 4 rings (SSSR count). The fourth-order valence-electron chi connectivity index (χ4n) is 3.06. The van der Waals surface area contributed by atoms with Crippen molar-refractivity contribution in [1.82, 2.24) is 14.6 Å². The minimum absolute atomic E-state index is 0.169. The minimum atomic E-state index is -0.169. The molecule has 0 aliphatic rings. The van der Waals surface area contributed by atoms with E-state index in [0.717, 1.165) is 11.1 Å². The van der Waals surface area contributed by atoms with Crippen molar-refractivity contribution < 1.29 is 9.47 Å². The van der Waals surface area contributed by atoms with Gasteiger partial charge in [0.2, 0.25) is 4.96 Å². The number of nitrogens with zero attached hydrogens (tertiary/aromatic N) is 3. The van der Waals surface area contributed by atoms with Crippen molar-refractivity contribution in [2.45, 2.75) is 19.8 Å². The largest absolute Gasteiger partial charge is 0.493 e. The van der Waals surface area contributed by atoms with Gasteiger partial charge in [-0.1, -0.05) is 49.4 Å². The van der Waals surface area contributed by atoms with Gasteiger partial charge in [-0.25, -0.2) is 0 Å². The first-order chi connectivity index (χ1) is 14.0. The van der Waals surface area contributed by atoms with Crippen LogP contribution >= 0.6 is 11.3 Å². The maximum Gasteiger partial charge on any atom is 0.291 e. The van der Waals surface area contributed by atoms with E-state index in [4.69, 9.17) is 9.47 Å². The van der Waals surface area contributed by atoms with Gasteiger partial charge in [0.1, 0.15) is 0 Å². The maximum atomic E-state index is 12.8. The maximum absolute atomic E-state index is 12.8. The van der Waals surface area contributed by atoms with Gasteiger partial charge in [-0.05, 0) is 41.3 Å². The van der Waals surface area contributed by atoms with Crippen LogP contribution in [0, 0.1) is 0 Å². The Bertz CT molecular complexity index is 1270. The molecular weight excluding hydrogens is 386 g/mol. The molecule has 0 amide bonds. The molecule has 0 N–H and O–H groups in total. The molecule has 0 unspecified atom stereocenters. The molecule has 0 saturated heterocycles. The van der Waals surface area contributed by atoms with Crippen LogP contribution in [-0.2, 0) is 0 Å². The third-order valence-corrected chi connectivity index (χ3v) is 5.68. The van der Waals surface area contributed by atoms with Gasteiger partial charge in [-0.15, -0.1) is 5.10 Å². The SMILES string of the molecule is COc1ccc(-c2nc3s/c(=C\c4ccc(C(C)C)cc4)c(=O)n3n2)cc1OC. The third-order valence-electron chi connectivity index (χ3n) is 4.72. The van der Waals surface area contributed by atoms with E-state index >= 15 is 0 Å². The van der Waals surface area contributed by atoms with E-state index in [1.807, 2.05) is 24.3 Å². The molecule has 0 aliphatic heterocycles. The lowest BCUT2D eigenvalue weighted by Crippen LogP contribution is -2.23. The molecule has 2 aromatic carbocycles. The van der Waals surface area contributed by atoms with Crippen molar-refractivity contribution in [3.8, 4) is 22.9 Å². The zero-order chi connectivity index (χ0) is 20.5. The summed E-state index contributed by atoms with van der Waals surface area (Å²) in [7, 11) is 3.16. The summed E-state index contributed by atoms with van der Waals surface area (Å²) >= 11 is 1.33. The molecule has 148 valence electrons. The Balaban J connectivity index is 1.72. The first kappa shape index (κ1) is 19.1. The number of thiazole rings is 1. The van der Waals surface area contributed by atoms with Gasteiger partial charge < -0.3 is 9.47 Å². The summed E-state index contributed by atoms with van der Waals surface area (Å²) in [5.74, 6) is 2.16. The standard InChI is InChI=1S/C22H21N3O3S/c1-13(2)15-7-5-14(6-8-15)11-19-21(26)25-22(29-19)23-20(24-25)16-9-10-17(27-3)18(12-16)28-4/h5-13H,1-4H3/b19-11-. The second-order valence-electron chi connectivity index (χ2n) is 6.94. The Morgan fingerprint density at radius 2 is 1.76 bits per heavy atom. The molecule has 0 fully saturated rings. The van der Waals surface area contributed by atoms with Crippen LogP contribution in [-0.4, -0.2) is 28.8 Å². The summed E-state index contributed by atoms with van der Waals surface area (Å²) in [4.78, 5) is 17.9. The molecule has 6 nitrogen and oxygen atoms in total. The molecular formula is C22H21N3O3S. The van der Waals surface area contributed by atoms with Crippen LogP contribution in [0.2, 0.25) is 0 Å². The molecule has 2 aromatic heterocycles. The van der Waals surface area contributed by atoms with Gasteiger partial charge in [0.15, 0.2) is 17.3 Å². The number of hydrogen-bond acceptors (Lipinski definition) is 6. The summed E-state index contributed by atoms with van der Waals surface area (Å²) in [5.41, 5.74) is 2.84. The summed E-state index contributed by atoms with van der Waals surface area (Å²) in [6, 6.07) is 13.7. The van der Waals surface area contributed by atoms with Crippen LogP contribution in [0.5, 0.6) is 11.5 Å². The highest BCUT2D eigenvalue weighted by Gasteiger charge is 2.14. The zero-order valence-corrected chi connectivity index (χ0v) is 17.5. The average molecular weight is 407 g/mol. The Morgan fingerprint density at radius 1 is 1.03 bits per heavy atom. The molecule has 0 spiro atoms. The lowest BCUT2D eigenvalue weighted by atomic mass is 10.0. The Morgan fingerprint density at radius 3 is 2.38 bits per heavy atom. The van der Waals surface area contributed by atoms with E-state index in [1.165, 1.54) is 21.4 Å². The second-order valence-corrected chi connectivity index (χ2v) is 7.95. The minimum Gasteiger partial charge on any atom is -0.493 e. The van der Waals surface area contributed by atoms with E-state index in [-0.39, 0.29) is 5.56 Å². The van der Waals surface area contributed by atoms with E-state index < -0.39 is 0 Å². The fourth-order valence-corrected chi connectivity index (χ4v) is 3.97. The smallest absolute Gasteiger partial charge is 0.291 e. The van der Waals surface area contributed by atoms with Crippen LogP contribution in [0.3, 0.4) is 0 Å². The topological polar surface area (TPSA) is 65.7 Å². The first-order valence-electron chi connectivity index (χ1n) is 9.24. The third kappa shape index (κ3) is 3.61. The molecule has 29 heavy (non-hydrogen) atoms. The van der Waals surface area contributed by atoms with Crippen LogP contribution in [0.4, 0.5) is 0 Å².